The topological polar surface area (TPSA) is 90.0 Å². The van der Waals surface area contributed by atoms with Crippen molar-refractivity contribution in [1.29, 1.82) is 0 Å². The molecule has 0 unspecified atom stereocenters. The van der Waals surface area contributed by atoms with E-state index >= 15 is 0 Å². The molecule has 0 aromatic heterocycles. The zero-order valence-corrected chi connectivity index (χ0v) is 15.8. The van der Waals surface area contributed by atoms with Crippen molar-refractivity contribution in [2.24, 2.45) is 5.41 Å². The molecule has 0 spiro atoms. The lowest BCUT2D eigenvalue weighted by molar-refractivity contribution is -0.154. The summed E-state index contributed by atoms with van der Waals surface area (Å²) in [5.41, 5.74) is -0.284. The van der Waals surface area contributed by atoms with Crippen LogP contribution in [0.4, 0.5) is 0 Å². The Hall–Kier alpha value is -1.93. The third-order valence-electron chi connectivity index (χ3n) is 3.74. The number of rotatable bonds is 9. The van der Waals surface area contributed by atoms with E-state index in [4.69, 9.17) is 9.02 Å². The Balaban J connectivity index is 2.46. The third kappa shape index (κ3) is 6.83. The first-order chi connectivity index (χ1) is 11.6. The Labute approximate surface area is 149 Å². The Morgan fingerprint density at radius 3 is 2.32 bits per heavy atom. The summed E-state index contributed by atoms with van der Waals surface area (Å²) in [4.78, 5) is 23.8. The zero-order chi connectivity index (χ0) is 19.1. The van der Waals surface area contributed by atoms with Crippen LogP contribution in [-0.4, -0.2) is 44.8 Å². The van der Waals surface area contributed by atoms with Gasteiger partial charge in [-0.15, -0.1) is 4.28 Å². The fraction of sp³-hybridized carbons (Fsp3) is 0.529. The van der Waals surface area contributed by atoms with Gasteiger partial charge in [0, 0.05) is 12.6 Å². The van der Waals surface area contributed by atoms with E-state index in [1.807, 2.05) is 6.92 Å². The molecule has 0 radical (unpaired) electrons. The predicted molar refractivity (Wildman–Crippen MR) is 93.1 cm³/mol. The van der Waals surface area contributed by atoms with Crippen LogP contribution in [0.25, 0.3) is 0 Å². The molecule has 25 heavy (non-hydrogen) atoms. The van der Waals surface area contributed by atoms with E-state index in [-0.39, 0.29) is 24.7 Å². The molecule has 0 fully saturated rings. The molecule has 0 saturated carbocycles. The molecule has 7 nitrogen and oxygen atoms in total. The lowest BCUT2D eigenvalue weighted by Gasteiger charge is -2.20. The molecule has 1 amide bonds. The van der Waals surface area contributed by atoms with Gasteiger partial charge in [0.1, 0.15) is 0 Å². The van der Waals surface area contributed by atoms with Gasteiger partial charge < -0.3 is 4.74 Å². The summed E-state index contributed by atoms with van der Waals surface area (Å²) >= 11 is 0. The average molecular weight is 371 g/mol. The van der Waals surface area contributed by atoms with Crippen molar-refractivity contribution in [2.75, 3.05) is 19.4 Å². The van der Waals surface area contributed by atoms with Crippen LogP contribution in [0.3, 0.4) is 0 Å². The summed E-state index contributed by atoms with van der Waals surface area (Å²) in [5.74, 6) is -1.30. The van der Waals surface area contributed by atoms with Gasteiger partial charge in [0.15, 0.2) is 0 Å². The van der Waals surface area contributed by atoms with Crippen molar-refractivity contribution in [3.8, 4) is 0 Å². The maximum absolute atomic E-state index is 12.1. The summed E-state index contributed by atoms with van der Waals surface area (Å²) < 4.78 is 33.7. The number of benzene rings is 1. The van der Waals surface area contributed by atoms with E-state index < -0.39 is 21.4 Å². The summed E-state index contributed by atoms with van der Waals surface area (Å²) in [5, 5.41) is 0.677. The van der Waals surface area contributed by atoms with E-state index in [1.165, 1.54) is 7.05 Å². The highest BCUT2D eigenvalue weighted by atomic mass is 32.2. The minimum absolute atomic E-state index is 0.0266. The molecule has 8 heteroatoms. The largest absolute Gasteiger partial charge is 0.465 e. The van der Waals surface area contributed by atoms with Gasteiger partial charge in [0.2, 0.25) is 0 Å². The van der Waals surface area contributed by atoms with Gasteiger partial charge in [-0.3, -0.25) is 9.59 Å². The van der Waals surface area contributed by atoms with Crippen molar-refractivity contribution >= 4 is 22.0 Å². The Morgan fingerprint density at radius 1 is 1.16 bits per heavy atom. The van der Waals surface area contributed by atoms with Crippen LogP contribution in [0.15, 0.2) is 30.3 Å². The lowest BCUT2D eigenvalue weighted by atomic mass is 9.91. The molecule has 0 bridgehead atoms. The third-order valence-corrected chi connectivity index (χ3v) is 4.98. The minimum Gasteiger partial charge on any atom is -0.465 e. The highest BCUT2D eigenvalue weighted by Crippen LogP contribution is 2.21. The van der Waals surface area contributed by atoms with Crippen molar-refractivity contribution in [3.63, 3.8) is 0 Å². The maximum Gasteiger partial charge on any atom is 0.311 e. The van der Waals surface area contributed by atoms with E-state index in [1.54, 1.807) is 44.2 Å². The van der Waals surface area contributed by atoms with Gasteiger partial charge in [-0.2, -0.15) is 8.42 Å². The molecule has 0 heterocycles. The normalized spacial score (nSPS) is 11.8. The van der Waals surface area contributed by atoms with Crippen molar-refractivity contribution in [3.05, 3.63) is 35.9 Å². The van der Waals surface area contributed by atoms with Gasteiger partial charge in [0.25, 0.3) is 16.0 Å². The van der Waals surface area contributed by atoms with Crippen molar-refractivity contribution < 1.29 is 27.0 Å². The van der Waals surface area contributed by atoms with Crippen LogP contribution in [0.5, 0.6) is 0 Å². The molecule has 0 aliphatic carbocycles. The smallest absolute Gasteiger partial charge is 0.311 e. The first kappa shape index (κ1) is 21.1. The highest BCUT2D eigenvalue weighted by molar-refractivity contribution is 7.86. The van der Waals surface area contributed by atoms with Crippen LogP contribution in [0.1, 0.15) is 44.0 Å². The van der Waals surface area contributed by atoms with Crippen molar-refractivity contribution in [2.45, 2.75) is 33.6 Å². The number of carbonyl (C=O) groups excluding carboxylic acids is 2. The molecule has 0 atom stereocenters. The molecular weight excluding hydrogens is 346 g/mol. The number of esters is 1. The molecular formula is C17H25NO6S. The second-order valence-electron chi connectivity index (χ2n) is 6.23. The van der Waals surface area contributed by atoms with Crippen LogP contribution in [0.2, 0.25) is 0 Å². The fourth-order valence-electron chi connectivity index (χ4n) is 1.74. The second-order valence-corrected chi connectivity index (χ2v) is 7.90. The van der Waals surface area contributed by atoms with Gasteiger partial charge in [-0.25, -0.2) is 5.06 Å². The molecule has 1 rings (SSSR count). The SMILES string of the molecule is CCC(C)(C)C(=O)OCCCS(=O)(=O)ON(C)C(=O)c1ccccc1. The summed E-state index contributed by atoms with van der Waals surface area (Å²) in [6.07, 6.45) is 0.709. The number of nitrogens with zero attached hydrogens (tertiary/aromatic N) is 1. The molecule has 0 N–H and O–H groups in total. The van der Waals surface area contributed by atoms with E-state index in [0.717, 1.165) is 0 Å². The minimum atomic E-state index is -3.96. The standard InChI is InChI=1S/C17H25NO6S/c1-5-17(2,3)16(20)23-12-9-13-25(21,22)24-18(4)15(19)14-10-7-6-8-11-14/h6-8,10-11H,5,9,12-13H2,1-4H3. The molecule has 0 aliphatic rings. The molecule has 0 aliphatic heterocycles. The van der Waals surface area contributed by atoms with Crippen LogP contribution in [0, 0.1) is 5.41 Å². The zero-order valence-electron chi connectivity index (χ0n) is 15.0. The first-order valence-corrected chi connectivity index (χ1v) is 9.59. The number of hydroxylamine groups is 2. The number of hydrogen-bond acceptors (Lipinski definition) is 6. The lowest BCUT2D eigenvalue weighted by Crippen LogP contribution is -2.31. The Morgan fingerprint density at radius 2 is 1.76 bits per heavy atom. The number of hydrogen-bond donors (Lipinski definition) is 0. The quantitative estimate of drug-likeness (QED) is 0.376. The van der Waals surface area contributed by atoms with E-state index in [2.05, 4.69) is 0 Å². The van der Waals surface area contributed by atoms with Gasteiger partial charge in [-0.05, 0) is 38.8 Å². The highest BCUT2D eigenvalue weighted by Gasteiger charge is 2.27. The number of carbonyl (C=O) groups is 2. The van der Waals surface area contributed by atoms with Crippen LogP contribution < -0.4 is 0 Å². The monoisotopic (exact) mass is 371 g/mol. The van der Waals surface area contributed by atoms with Crippen LogP contribution >= 0.6 is 0 Å². The summed E-state index contributed by atoms with van der Waals surface area (Å²) in [7, 11) is -2.73. The van der Waals surface area contributed by atoms with Crippen LogP contribution in [-0.2, 0) is 23.9 Å². The van der Waals surface area contributed by atoms with Gasteiger partial charge >= 0.3 is 5.97 Å². The number of amides is 1. The van der Waals surface area contributed by atoms with E-state index in [9.17, 15) is 18.0 Å². The fourth-order valence-corrected chi connectivity index (χ4v) is 2.70. The predicted octanol–water partition coefficient (Wildman–Crippen LogP) is 2.39. The van der Waals surface area contributed by atoms with Gasteiger partial charge in [0.05, 0.1) is 17.8 Å². The molecule has 1 aromatic rings. The Bertz CT molecular complexity index is 684. The second kappa shape index (κ2) is 8.96. The maximum atomic E-state index is 12.1. The van der Waals surface area contributed by atoms with Crippen molar-refractivity contribution in [1.82, 2.24) is 5.06 Å². The summed E-state index contributed by atoms with van der Waals surface area (Å²) in [6, 6.07) is 8.20. The average Bonchev–Trinajstić information content (AvgIpc) is 2.58. The molecule has 140 valence electrons. The summed E-state index contributed by atoms with van der Waals surface area (Å²) in [6.45, 7) is 5.37. The Kier molecular flexibility index (Phi) is 7.57. The first-order valence-electron chi connectivity index (χ1n) is 8.01. The van der Waals surface area contributed by atoms with E-state index in [0.29, 0.717) is 17.0 Å². The van der Waals surface area contributed by atoms with Gasteiger partial charge in [-0.1, -0.05) is 25.1 Å². The number of ether oxygens (including phenoxy) is 1. The molecule has 1 aromatic carbocycles. The molecule has 0 saturated heterocycles.